The molecule has 0 unspecified atom stereocenters. The van der Waals surface area contributed by atoms with E-state index in [1.165, 1.54) is 108 Å². The Hall–Kier alpha value is -5.16. The molecule has 0 saturated heterocycles. The van der Waals surface area contributed by atoms with Crippen LogP contribution in [0.2, 0.25) is 0 Å². The highest BCUT2D eigenvalue weighted by Gasteiger charge is 2.30. The minimum absolute atomic E-state index is 0.621. The Balaban J connectivity index is 1.11. The maximum absolute atomic E-state index is 6.70. The maximum atomic E-state index is 6.70. The number of benzene rings is 4. The zero-order valence-corrected chi connectivity index (χ0v) is 32.6. The lowest BCUT2D eigenvalue weighted by Crippen LogP contribution is -2.15. The molecular formula is C49H52N4O. The van der Waals surface area contributed by atoms with Crippen LogP contribution in [0.4, 0.5) is 0 Å². The lowest BCUT2D eigenvalue weighted by atomic mass is 9.71. The van der Waals surface area contributed by atoms with Crippen LogP contribution in [0.3, 0.4) is 0 Å². The first-order valence-corrected chi connectivity index (χ1v) is 20.3. The molecule has 5 heteroatoms. The summed E-state index contributed by atoms with van der Waals surface area (Å²) < 4.78 is 11.0. The summed E-state index contributed by atoms with van der Waals surface area (Å²) in [7, 11) is 0. The lowest BCUT2D eigenvalue weighted by molar-refractivity contribution is 0.434. The maximum Gasteiger partial charge on any atom is 0.137 e. The molecule has 54 heavy (non-hydrogen) atoms. The van der Waals surface area contributed by atoms with Gasteiger partial charge in [0, 0.05) is 40.9 Å². The number of pyridine rings is 1. The monoisotopic (exact) mass is 712 g/mol. The van der Waals surface area contributed by atoms with Gasteiger partial charge < -0.3 is 4.74 Å². The number of aromatic nitrogens is 4. The van der Waals surface area contributed by atoms with Crippen molar-refractivity contribution in [1.29, 1.82) is 0 Å². The van der Waals surface area contributed by atoms with Gasteiger partial charge in [-0.25, -0.2) is 9.67 Å². The van der Waals surface area contributed by atoms with Crippen LogP contribution >= 0.6 is 0 Å². The van der Waals surface area contributed by atoms with Crippen molar-refractivity contribution in [3.63, 3.8) is 0 Å². The first kappa shape index (κ1) is 34.6. The van der Waals surface area contributed by atoms with E-state index >= 15 is 0 Å². The average molecular weight is 713 g/mol. The molecule has 3 heterocycles. The van der Waals surface area contributed by atoms with E-state index in [-0.39, 0.29) is 0 Å². The summed E-state index contributed by atoms with van der Waals surface area (Å²) in [6.45, 7) is 11.4. The highest BCUT2D eigenvalue weighted by atomic mass is 16.5. The van der Waals surface area contributed by atoms with Crippen LogP contribution in [0.15, 0.2) is 91.4 Å². The van der Waals surface area contributed by atoms with Crippen molar-refractivity contribution in [2.45, 2.75) is 111 Å². The van der Waals surface area contributed by atoms with Crippen LogP contribution in [0.5, 0.6) is 11.5 Å². The van der Waals surface area contributed by atoms with Crippen molar-refractivity contribution < 1.29 is 4.74 Å². The van der Waals surface area contributed by atoms with Crippen molar-refractivity contribution in [2.24, 2.45) is 0 Å². The molecule has 0 radical (unpaired) electrons. The molecule has 0 atom stereocenters. The molecule has 274 valence electrons. The fourth-order valence-corrected chi connectivity index (χ4v) is 9.87. The molecule has 0 amide bonds. The van der Waals surface area contributed by atoms with E-state index in [0.717, 1.165) is 39.6 Å². The molecule has 0 spiro atoms. The molecule has 2 aliphatic rings. The van der Waals surface area contributed by atoms with E-state index in [4.69, 9.17) is 14.8 Å². The minimum Gasteiger partial charge on any atom is -0.457 e. The summed E-state index contributed by atoms with van der Waals surface area (Å²) in [5.41, 5.74) is 16.0. The number of hydrogen-bond donors (Lipinski definition) is 0. The Morgan fingerprint density at radius 1 is 0.611 bits per heavy atom. The Morgan fingerprint density at radius 3 is 2.00 bits per heavy atom. The van der Waals surface area contributed by atoms with Gasteiger partial charge in [-0.05, 0) is 159 Å². The predicted octanol–water partition coefficient (Wildman–Crippen LogP) is 13.5. The molecule has 5 nitrogen and oxygen atoms in total. The van der Waals surface area contributed by atoms with Gasteiger partial charge in [-0.2, -0.15) is 5.10 Å². The summed E-state index contributed by atoms with van der Waals surface area (Å²) in [6, 6.07) is 25.6. The van der Waals surface area contributed by atoms with Gasteiger partial charge in [0.1, 0.15) is 17.3 Å². The number of ether oxygens (including phenoxy) is 1. The second-order valence-electron chi connectivity index (χ2n) is 16.3. The van der Waals surface area contributed by atoms with Crippen LogP contribution in [-0.4, -0.2) is 19.3 Å². The number of nitrogens with zero attached hydrogens (tertiary/aromatic N) is 4. The fraction of sp³-hybridized carbons (Fsp3) is 0.347. The highest BCUT2D eigenvalue weighted by molar-refractivity contribution is 6.09. The van der Waals surface area contributed by atoms with Crippen molar-refractivity contribution in [3.05, 3.63) is 130 Å². The van der Waals surface area contributed by atoms with Gasteiger partial charge in [-0.3, -0.25) is 4.57 Å². The molecule has 2 aliphatic carbocycles. The Kier molecular flexibility index (Phi) is 9.13. The molecule has 0 bridgehead atoms. The Bertz CT molecular complexity index is 2460. The molecule has 4 aromatic carbocycles. The number of rotatable bonds is 7. The van der Waals surface area contributed by atoms with Gasteiger partial charge in [0.2, 0.25) is 0 Å². The normalized spacial score (nSPS) is 15.7. The van der Waals surface area contributed by atoms with Crippen LogP contribution < -0.4 is 4.74 Å². The third kappa shape index (κ3) is 6.22. The molecule has 9 rings (SSSR count). The molecule has 2 fully saturated rings. The topological polar surface area (TPSA) is 44.9 Å². The number of fused-ring (bicyclic) bond motifs is 3. The summed E-state index contributed by atoms with van der Waals surface area (Å²) in [4.78, 5) is 4.77. The van der Waals surface area contributed by atoms with E-state index < -0.39 is 0 Å². The van der Waals surface area contributed by atoms with Gasteiger partial charge in [0.25, 0.3) is 0 Å². The van der Waals surface area contributed by atoms with Crippen molar-refractivity contribution in [2.75, 3.05) is 0 Å². The van der Waals surface area contributed by atoms with E-state index in [2.05, 4.69) is 123 Å². The largest absolute Gasteiger partial charge is 0.457 e. The standard InChI is InChI=1S/C49H52N4O/c1-31-22-23-50-46(26-31)53-44-19-13-12-18-42(44)43-21-20-40(28-45(43)53)54-41-25-32(2)24-39(27-41)52-30-38(29-51-52)49-47(36-14-8-6-9-15-36)34(4)33(3)35(5)48(49)37-16-10-7-11-17-37/h12-13,18-30,36-37H,6-11,14-17H2,1-5H3. The molecular weight excluding hydrogens is 661 g/mol. The van der Waals surface area contributed by atoms with Crippen LogP contribution in [0.25, 0.3) is 44.4 Å². The molecule has 2 saturated carbocycles. The summed E-state index contributed by atoms with van der Waals surface area (Å²) >= 11 is 0. The van der Waals surface area contributed by atoms with Crippen LogP contribution in [-0.2, 0) is 0 Å². The highest BCUT2D eigenvalue weighted by Crippen LogP contribution is 2.49. The van der Waals surface area contributed by atoms with E-state index in [1.54, 1.807) is 11.1 Å². The van der Waals surface area contributed by atoms with Crippen LogP contribution in [0, 0.1) is 34.6 Å². The zero-order valence-electron chi connectivity index (χ0n) is 32.6. The van der Waals surface area contributed by atoms with Crippen molar-refractivity contribution in [1.82, 2.24) is 19.3 Å². The average Bonchev–Trinajstić information content (AvgIpc) is 3.81. The number of hydrogen-bond acceptors (Lipinski definition) is 3. The first-order valence-electron chi connectivity index (χ1n) is 20.3. The molecule has 7 aromatic rings. The van der Waals surface area contributed by atoms with Crippen LogP contribution in [0.1, 0.15) is 115 Å². The Labute approximate surface area is 320 Å². The van der Waals surface area contributed by atoms with Crippen molar-refractivity contribution >= 4 is 21.8 Å². The lowest BCUT2D eigenvalue weighted by Gasteiger charge is -2.33. The SMILES string of the molecule is Cc1cc(Oc2ccc3c4ccccc4n(-c4cc(C)ccn4)c3c2)cc(-n2cc(-c3c(C4CCCCC4)c(C)c(C)c(C)c3C3CCCCC3)cn2)c1. The second kappa shape index (κ2) is 14.2. The molecule has 0 aliphatic heterocycles. The van der Waals surface area contributed by atoms with E-state index in [9.17, 15) is 0 Å². The summed E-state index contributed by atoms with van der Waals surface area (Å²) in [5.74, 6) is 3.73. The van der Waals surface area contributed by atoms with Gasteiger partial charge in [0.05, 0.1) is 22.9 Å². The van der Waals surface area contributed by atoms with E-state index in [0.29, 0.717) is 11.8 Å². The molecule has 3 aromatic heterocycles. The number of aryl methyl sites for hydroxylation is 2. The number of para-hydroxylation sites is 1. The first-order chi connectivity index (χ1) is 26.3. The second-order valence-corrected chi connectivity index (χ2v) is 16.3. The van der Waals surface area contributed by atoms with Gasteiger partial charge >= 0.3 is 0 Å². The third-order valence-electron chi connectivity index (χ3n) is 12.7. The predicted molar refractivity (Wildman–Crippen MR) is 223 cm³/mol. The third-order valence-corrected chi connectivity index (χ3v) is 12.7. The zero-order chi connectivity index (χ0) is 36.9. The summed E-state index contributed by atoms with van der Waals surface area (Å²) in [6.07, 6.45) is 19.5. The van der Waals surface area contributed by atoms with E-state index in [1.807, 2.05) is 12.3 Å². The minimum atomic E-state index is 0.621. The summed E-state index contributed by atoms with van der Waals surface area (Å²) in [5, 5.41) is 7.45. The Morgan fingerprint density at radius 2 is 1.30 bits per heavy atom. The van der Waals surface area contributed by atoms with Gasteiger partial charge in [-0.15, -0.1) is 0 Å². The van der Waals surface area contributed by atoms with Gasteiger partial charge in [-0.1, -0.05) is 56.7 Å². The van der Waals surface area contributed by atoms with Crippen molar-refractivity contribution in [3.8, 4) is 34.1 Å². The quantitative estimate of drug-likeness (QED) is 0.165. The fourth-order valence-electron chi connectivity index (χ4n) is 9.87. The smallest absolute Gasteiger partial charge is 0.137 e. The van der Waals surface area contributed by atoms with Gasteiger partial charge in [0.15, 0.2) is 0 Å². The molecule has 0 N–H and O–H groups in total.